The van der Waals surface area contributed by atoms with Gasteiger partial charge >= 0.3 is 0 Å². The van der Waals surface area contributed by atoms with Gasteiger partial charge in [-0.25, -0.2) is 26.2 Å². The molecule has 1 aromatic heterocycles. The third-order valence-electron chi connectivity index (χ3n) is 8.09. The topological polar surface area (TPSA) is 126 Å². The Balaban J connectivity index is 1.57. The molecule has 5 atom stereocenters. The van der Waals surface area contributed by atoms with Crippen LogP contribution in [0, 0.1) is 23.7 Å². The molecule has 0 spiro atoms. The van der Waals surface area contributed by atoms with Crippen molar-refractivity contribution in [2.45, 2.75) is 44.7 Å². The Hall–Kier alpha value is -2.31. The van der Waals surface area contributed by atoms with E-state index >= 15 is 0 Å². The van der Waals surface area contributed by atoms with E-state index in [0.29, 0.717) is 29.4 Å². The number of fused-ring (bicyclic) bond motifs is 1. The molecule has 3 heterocycles. The second-order valence-corrected chi connectivity index (χ2v) is 15.2. The highest BCUT2D eigenvalue weighted by Crippen LogP contribution is 2.42. The van der Waals surface area contributed by atoms with Crippen LogP contribution >= 0.6 is 0 Å². The summed E-state index contributed by atoms with van der Waals surface area (Å²) in [5.41, 5.74) is 0.530. The van der Waals surface area contributed by atoms with Gasteiger partial charge in [0.1, 0.15) is 17.8 Å². The lowest BCUT2D eigenvalue weighted by Crippen LogP contribution is -2.49. The molecule has 2 aliphatic heterocycles. The van der Waals surface area contributed by atoms with E-state index in [0.717, 1.165) is 19.1 Å². The van der Waals surface area contributed by atoms with Crippen LogP contribution in [0.15, 0.2) is 33.5 Å². The smallest absolute Gasteiger partial charge is 0.255 e. The van der Waals surface area contributed by atoms with E-state index in [-0.39, 0.29) is 64.9 Å². The first-order chi connectivity index (χ1) is 17.9. The third-order valence-corrected chi connectivity index (χ3v) is 11.2. The average Bonchev–Trinajstić information content (AvgIpc) is 3.52. The predicted molar refractivity (Wildman–Crippen MR) is 141 cm³/mol. The molecule has 2 fully saturated rings. The van der Waals surface area contributed by atoms with Crippen molar-refractivity contribution in [1.29, 1.82) is 0 Å². The van der Waals surface area contributed by atoms with Gasteiger partial charge in [0.05, 0.1) is 23.3 Å². The number of sulfonamides is 1. The number of sulfone groups is 1. The number of halogens is 1. The number of rotatable bonds is 8. The number of carbonyl (C=O) groups is 1. The summed E-state index contributed by atoms with van der Waals surface area (Å²) in [4.78, 5) is 17.8. The highest BCUT2D eigenvalue weighted by atomic mass is 32.2. The lowest BCUT2D eigenvalue weighted by Gasteiger charge is -2.33. The molecular weight excluding hydrogens is 533 g/mol. The Morgan fingerprint density at radius 2 is 2.00 bits per heavy atom. The molecular formula is C26H34FN3O6S2. The number of carbonyl (C=O) groups excluding carboxylic acids is 1. The molecule has 1 saturated heterocycles. The zero-order valence-corrected chi connectivity index (χ0v) is 23.4. The summed E-state index contributed by atoms with van der Waals surface area (Å²) in [5.74, 6) is -0.883. The van der Waals surface area contributed by atoms with Gasteiger partial charge in [-0.3, -0.25) is 4.79 Å². The summed E-state index contributed by atoms with van der Waals surface area (Å²) >= 11 is 0. The molecule has 0 aromatic carbocycles. The first-order valence-corrected chi connectivity index (χ1v) is 16.7. The fraction of sp³-hybridized carbons (Fsp3) is 0.615. The quantitative estimate of drug-likeness (QED) is 0.509. The van der Waals surface area contributed by atoms with E-state index in [9.17, 15) is 26.0 Å². The minimum absolute atomic E-state index is 0.0773. The van der Waals surface area contributed by atoms with Crippen LogP contribution in [-0.2, 0) is 19.9 Å². The van der Waals surface area contributed by atoms with Crippen molar-refractivity contribution in [3.05, 3.63) is 46.2 Å². The first kappa shape index (κ1) is 27.3. The van der Waals surface area contributed by atoms with Gasteiger partial charge < -0.3 is 9.73 Å². The number of hydrogen-bond acceptors (Lipinski definition) is 7. The second kappa shape index (κ2) is 10.0. The van der Waals surface area contributed by atoms with Crippen LogP contribution in [0.3, 0.4) is 0 Å². The SMILES string of the molecule is CNC(=O)c1c(C2C=CC(F)=CC2C)oc2c1=CC(C1CC1)C(N(CCC1CCS(=O)(=O)C1)S(C)(=O)=O)N=2. The van der Waals surface area contributed by atoms with Gasteiger partial charge in [0.2, 0.25) is 15.6 Å². The molecule has 9 nitrogen and oxygen atoms in total. The molecule has 38 heavy (non-hydrogen) atoms. The van der Waals surface area contributed by atoms with Gasteiger partial charge in [0, 0.05) is 30.6 Å². The second-order valence-electron chi connectivity index (χ2n) is 11.0. The Labute approximate surface area is 222 Å². The van der Waals surface area contributed by atoms with Crippen molar-refractivity contribution in [2.75, 3.05) is 31.4 Å². The molecule has 1 N–H and O–H groups in total. The number of nitrogens with zero attached hydrogens (tertiary/aromatic N) is 2. The highest BCUT2D eigenvalue weighted by Gasteiger charge is 2.43. The van der Waals surface area contributed by atoms with Gasteiger partial charge in [-0.15, -0.1) is 0 Å². The van der Waals surface area contributed by atoms with Crippen molar-refractivity contribution >= 4 is 31.8 Å². The van der Waals surface area contributed by atoms with Gasteiger partial charge in [-0.1, -0.05) is 19.1 Å². The summed E-state index contributed by atoms with van der Waals surface area (Å²) in [6.07, 6.45) is 9.62. The first-order valence-electron chi connectivity index (χ1n) is 13.0. The number of amides is 1. The maximum atomic E-state index is 13.8. The minimum atomic E-state index is -3.70. The Kier molecular flexibility index (Phi) is 7.19. The van der Waals surface area contributed by atoms with E-state index < -0.39 is 26.0 Å². The number of nitrogens with one attached hydrogen (secondary N) is 1. The zero-order chi connectivity index (χ0) is 27.4. The lowest BCUT2D eigenvalue weighted by atomic mass is 9.85. The molecule has 0 bridgehead atoms. The lowest BCUT2D eigenvalue weighted by molar-refractivity contribution is 0.0959. The molecule has 1 amide bonds. The number of furan rings is 1. The van der Waals surface area contributed by atoms with E-state index in [1.165, 1.54) is 23.5 Å². The standard InChI is InChI=1S/C26H34FN3O6S2/c1-15-12-18(27)6-7-19(15)23-22(25(31)28-2)21-13-20(17-4-5-17)24(29-26(21)36-23)30(37(3,32)33)10-8-16-9-11-38(34,35)14-16/h6-7,12-13,15-17,19-20,24H,4-5,8-11,14H2,1-3H3,(H,28,31). The Morgan fingerprint density at radius 1 is 1.26 bits per heavy atom. The molecule has 2 aliphatic carbocycles. The summed E-state index contributed by atoms with van der Waals surface area (Å²) in [6, 6.07) is 0. The largest absolute Gasteiger partial charge is 0.442 e. The van der Waals surface area contributed by atoms with E-state index in [1.54, 1.807) is 6.08 Å². The maximum Gasteiger partial charge on any atom is 0.255 e. The number of hydrogen-bond donors (Lipinski definition) is 1. The summed E-state index contributed by atoms with van der Waals surface area (Å²) in [6.45, 7) is 2.00. The monoisotopic (exact) mass is 567 g/mol. The van der Waals surface area contributed by atoms with E-state index in [1.807, 2.05) is 13.0 Å². The normalized spacial score (nSPS) is 30.3. The van der Waals surface area contributed by atoms with Crippen molar-refractivity contribution < 1.29 is 30.4 Å². The molecule has 5 rings (SSSR count). The van der Waals surface area contributed by atoms with Crippen LogP contribution in [0.2, 0.25) is 0 Å². The van der Waals surface area contributed by atoms with Crippen LogP contribution in [0.4, 0.5) is 4.39 Å². The Bertz CT molecular complexity index is 1520. The van der Waals surface area contributed by atoms with Crippen LogP contribution in [0.1, 0.15) is 54.6 Å². The molecule has 4 aliphatic rings. The van der Waals surface area contributed by atoms with Crippen LogP contribution in [0.25, 0.3) is 6.08 Å². The van der Waals surface area contributed by atoms with Gasteiger partial charge in [0.25, 0.3) is 5.91 Å². The predicted octanol–water partition coefficient (Wildman–Crippen LogP) is 1.63. The third kappa shape index (κ3) is 5.40. The van der Waals surface area contributed by atoms with Crippen LogP contribution < -0.4 is 16.1 Å². The molecule has 1 saturated carbocycles. The van der Waals surface area contributed by atoms with Crippen LogP contribution in [0.5, 0.6) is 0 Å². The van der Waals surface area contributed by atoms with Crippen LogP contribution in [-0.4, -0.2) is 64.6 Å². The summed E-state index contributed by atoms with van der Waals surface area (Å²) < 4.78 is 71.3. The molecule has 208 valence electrons. The number of allylic oxidation sites excluding steroid dienone is 4. The highest BCUT2D eigenvalue weighted by molar-refractivity contribution is 7.91. The van der Waals surface area contributed by atoms with Gasteiger partial charge in [-0.2, -0.15) is 4.31 Å². The van der Waals surface area contributed by atoms with E-state index in [2.05, 4.69) is 5.32 Å². The fourth-order valence-electron chi connectivity index (χ4n) is 5.91. The summed E-state index contributed by atoms with van der Waals surface area (Å²) in [5, 5.41) is 3.21. The van der Waals surface area contributed by atoms with E-state index in [4.69, 9.17) is 9.41 Å². The molecule has 0 radical (unpaired) electrons. The fourth-order valence-corrected chi connectivity index (χ4v) is 8.83. The summed E-state index contributed by atoms with van der Waals surface area (Å²) in [7, 11) is -5.24. The Morgan fingerprint density at radius 3 is 2.58 bits per heavy atom. The van der Waals surface area contributed by atoms with Gasteiger partial charge in [-0.05, 0) is 55.6 Å². The zero-order valence-electron chi connectivity index (χ0n) is 21.8. The molecule has 12 heteroatoms. The molecule has 1 aromatic rings. The maximum absolute atomic E-state index is 13.8. The van der Waals surface area contributed by atoms with Crippen molar-refractivity contribution in [3.8, 4) is 0 Å². The van der Waals surface area contributed by atoms with Crippen molar-refractivity contribution in [1.82, 2.24) is 9.62 Å². The average molecular weight is 568 g/mol. The van der Waals surface area contributed by atoms with Crippen molar-refractivity contribution in [3.63, 3.8) is 0 Å². The molecule has 5 unspecified atom stereocenters. The van der Waals surface area contributed by atoms with Gasteiger partial charge in [0.15, 0.2) is 9.84 Å². The van der Waals surface area contributed by atoms with Crippen molar-refractivity contribution in [2.24, 2.45) is 28.7 Å². The minimum Gasteiger partial charge on any atom is -0.442 e.